The summed E-state index contributed by atoms with van der Waals surface area (Å²) in [6, 6.07) is 0. The molecule has 1 aliphatic rings. The number of thioether (sulfide) groups is 1. The number of unbranched alkanes of at least 4 members (excludes halogenated alkanes) is 1. The summed E-state index contributed by atoms with van der Waals surface area (Å²) in [5, 5.41) is 6.65. The molecule has 0 aromatic carbocycles. The first-order valence-corrected chi connectivity index (χ1v) is 8.39. The van der Waals surface area contributed by atoms with Crippen LogP contribution in [-0.4, -0.2) is 50.3 Å². The molecule has 1 saturated heterocycles. The van der Waals surface area contributed by atoms with Gasteiger partial charge >= 0.3 is 0 Å². The van der Waals surface area contributed by atoms with Crippen molar-refractivity contribution in [2.45, 2.75) is 38.7 Å². The van der Waals surface area contributed by atoms with Crippen molar-refractivity contribution in [1.82, 2.24) is 10.6 Å². The van der Waals surface area contributed by atoms with Gasteiger partial charge in [-0.25, -0.2) is 0 Å². The fourth-order valence-corrected chi connectivity index (χ4v) is 2.39. The molecule has 1 fully saturated rings. The number of rotatable bonds is 8. The fraction of sp³-hybridized carbons (Fsp3) is 0.923. The average molecular weight is 401 g/mol. The summed E-state index contributed by atoms with van der Waals surface area (Å²) in [6.07, 6.45) is 7.28. The van der Waals surface area contributed by atoms with Crippen LogP contribution in [0.2, 0.25) is 0 Å². The molecule has 0 aromatic heterocycles. The minimum atomic E-state index is 0. The SMILES string of the molecule is CCNC(=NCC1CCCO1)NCCCCSC.I. The van der Waals surface area contributed by atoms with Crippen LogP contribution in [0.1, 0.15) is 32.6 Å². The highest BCUT2D eigenvalue weighted by atomic mass is 127. The Morgan fingerprint density at radius 2 is 2.21 bits per heavy atom. The van der Waals surface area contributed by atoms with Crippen LogP contribution in [0.4, 0.5) is 0 Å². The molecular formula is C13H28IN3OS. The quantitative estimate of drug-likeness (QED) is 0.284. The van der Waals surface area contributed by atoms with Crippen molar-refractivity contribution in [3.05, 3.63) is 0 Å². The van der Waals surface area contributed by atoms with Gasteiger partial charge in [0.15, 0.2) is 5.96 Å². The van der Waals surface area contributed by atoms with Crippen LogP contribution in [0.3, 0.4) is 0 Å². The van der Waals surface area contributed by atoms with Crippen molar-refractivity contribution in [2.75, 3.05) is 38.2 Å². The van der Waals surface area contributed by atoms with Gasteiger partial charge in [-0.15, -0.1) is 24.0 Å². The summed E-state index contributed by atoms with van der Waals surface area (Å²) < 4.78 is 5.57. The predicted molar refractivity (Wildman–Crippen MR) is 96.0 cm³/mol. The smallest absolute Gasteiger partial charge is 0.191 e. The molecule has 0 aliphatic carbocycles. The second-order valence-electron chi connectivity index (χ2n) is 4.48. The Labute approximate surface area is 138 Å². The predicted octanol–water partition coefficient (Wildman–Crippen LogP) is 2.48. The first-order chi connectivity index (χ1) is 8.86. The summed E-state index contributed by atoms with van der Waals surface area (Å²) in [7, 11) is 0. The molecule has 0 spiro atoms. The summed E-state index contributed by atoms with van der Waals surface area (Å²) >= 11 is 1.91. The lowest BCUT2D eigenvalue weighted by Gasteiger charge is -2.12. The van der Waals surface area contributed by atoms with Gasteiger partial charge in [-0.3, -0.25) is 4.99 Å². The van der Waals surface area contributed by atoms with E-state index >= 15 is 0 Å². The molecule has 4 nitrogen and oxygen atoms in total. The van der Waals surface area contributed by atoms with Crippen LogP contribution in [0, 0.1) is 0 Å². The third-order valence-corrected chi connectivity index (χ3v) is 3.59. The van der Waals surface area contributed by atoms with Gasteiger partial charge < -0.3 is 15.4 Å². The summed E-state index contributed by atoms with van der Waals surface area (Å²) in [5.74, 6) is 2.17. The second kappa shape index (κ2) is 13.3. The summed E-state index contributed by atoms with van der Waals surface area (Å²) in [5.41, 5.74) is 0. The van der Waals surface area contributed by atoms with Gasteiger partial charge in [0.1, 0.15) is 0 Å². The third kappa shape index (κ3) is 9.79. The van der Waals surface area contributed by atoms with Gasteiger partial charge in [-0.1, -0.05) is 0 Å². The maximum Gasteiger partial charge on any atom is 0.191 e. The van der Waals surface area contributed by atoms with Crippen LogP contribution in [0.15, 0.2) is 4.99 Å². The van der Waals surface area contributed by atoms with E-state index in [1.165, 1.54) is 25.0 Å². The number of hydrogen-bond acceptors (Lipinski definition) is 3. The number of halogens is 1. The molecule has 1 rings (SSSR count). The lowest BCUT2D eigenvalue weighted by Crippen LogP contribution is -2.38. The minimum Gasteiger partial charge on any atom is -0.376 e. The molecule has 0 amide bonds. The number of guanidine groups is 1. The fourth-order valence-electron chi connectivity index (χ4n) is 1.90. The van der Waals surface area contributed by atoms with E-state index in [1.807, 2.05) is 11.8 Å². The molecule has 0 saturated carbocycles. The highest BCUT2D eigenvalue weighted by Gasteiger charge is 2.14. The normalized spacial score (nSPS) is 19.1. The second-order valence-corrected chi connectivity index (χ2v) is 5.47. The van der Waals surface area contributed by atoms with Gasteiger partial charge in [0, 0.05) is 19.7 Å². The summed E-state index contributed by atoms with van der Waals surface area (Å²) in [4.78, 5) is 4.58. The Morgan fingerprint density at radius 3 is 2.84 bits per heavy atom. The molecule has 1 aliphatic heterocycles. The van der Waals surface area contributed by atoms with Crippen molar-refractivity contribution >= 4 is 41.7 Å². The molecule has 2 N–H and O–H groups in total. The first kappa shape index (κ1) is 19.3. The average Bonchev–Trinajstić information content (AvgIpc) is 2.88. The van der Waals surface area contributed by atoms with E-state index in [1.54, 1.807) is 0 Å². The maximum atomic E-state index is 5.57. The van der Waals surface area contributed by atoms with Gasteiger partial charge in [0.25, 0.3) is 0 Å². The minimum absolute atomic E-state index is 0. The van der Waals surface area contributed by atoms with E-state index < -0.39 is 0 Å². The lowest BCUT2D eigenvalue weighted by atomic mass is 10.2. The van der Waals surface area contributed by atoms with Crippen molar-refractivity contribution in [3.8, 4) is 0 Å². The Bertz CT molecular complexity index is 236. The molecule has 0 bridgehead atoms. The zero-order valence-electron chi connectivity index (χ0n) is 12.1. The van der Waals surface area contributed by atoms with E-state index in [9.17, 15) is 0 Å². The Kier molecular flexibility index (Phi) is 13.5. The topological polar surface area (TPSA) is 45.7 Å². The number of aliphatic imine (C=N–C) groups is 1. The van der Waals surface area contributed by atoms with Crippen LogP contribution in [0.5, 0.6) is 0 Å². The van der Waals surface area contributed by atoms with Crippen molar-refractivity contribution in [3.63, 3.8) is 0 Å². The van der Waals surface area contributed by atoms with Gasteiger partial charge in [0.05, 0.1) is 12.6 Å². The highest BCUT2D eigenvalue weighted by Crippen LogP contribution is 2.11. The third-order valence-electron chi connectivity index (χ3n) is 2.89. The Morgan fingerprint density at radius 1 is 1.37 bits per heavy atom. The van der Waals surface area contributed by atoms with Crippen molar-refractivity contribution in [2.24, 2.45) is 4.99 Å². The number of hydrogen-bond donors (Lipinski definition) is 2. The molecule has 0 radical (unpaired) electrons. The van der Waals surface area contributed by atoms with Gasteiger partial charge in [-0.05, 0) is 44.6 Å². The van der Waals surface area contributed by atoms with Gasteiger partial charge in [-0.2, -0.15) is 11.8 Å². The number of ether oxygens (including phenoxy) is 1. The van der Waals surface area contributed by atoms with E-state index in [0.717, 1.165) is 38.6 Å². The van der Waals surface area contributed by atoms with Gasteiger partial charge in [0.2, 0.25) is 0 Å². The van der Waals surface area contributed by atoms with Crippen LogP contribution < -0.4 is 10.6 Å². The Hall–Kier alpha value is 0.310. The van der Waals surface area contributed by atoms with E-state index in [0.29, 0.717) is 6.10 Å². The lowest BCUT2D eigenvalue weighted by molar-refractivity contribution is 0.117. The molecule has 1 atom stereocenters. The van der Waals surface area contributed by atoms with E-state index in [-0.39, 0.29) is 24.0 Å². The molecule has 19 heavy (non-hydrogen) atoms. The highest BCUT2D eigenvalue weighted by molar-refractivity contribution is 14.0. The maximum absolute atomic E-state index is 5.57. The standard InChI is InChI=1S/C13H27N3OS.HI/c1-3-14-13(15-8-4-5-10-18-2)16-11-12-7-6-9-17-12;/h12H,3-11H2,1-2H3,(H2,14,15,16);1H. The van der Waals surface area contributed by atoms with E-state index in [4.69, 9.17) is 4.74 Å². The number of nitrogens with zero attached hydrogens (tertiary/aromatic N) is 1. The van der Waals surface area contributed by atoms with E-state index in [2.05, 4.69) is 28.8 Å². The zero-order valence-corrected chi connectivity index (χ0v) is 15.3. The zero-order chi connectivity index (χ0) is 13.1. The molecule has 114 valence electrons. The molecule has 1 heterocycles. The molecular weight excluding hydrogens is 373 g/mol. The molecule has 6 heteroatoms. The molecule has 0 aromatic rings. The van der Waals surface area contributed by atoms with Crippen LogP contribution in [-0.2, 0) is 4.74 Å². The summed E-state index contributed by atoms with van der Waals surface area (Å²) in [6.45, 7) is 5.68. The molecule has 1 unspecified atom stereocenters. The monoisotopic (exact) mass is 401 g/mol. The van der Waals surface area contributed by atoms with Crippen molar-refractivity contribution < 1.29 is 4.74 Å². The van der Waals surface area contributed by atoms with Crippen molar-refractivity contribution in [1.29, 1.82) is 0 Å². The van der Waals surface area contributed by atoms with Crippen LogP contribution in [0.25, 0.3) is 0 Å². The first-order valence-electron chi connectivity index (χ1n) is 6.99. The van der Waals surface area contributed by atoms with Crippen LogP contribution >= 0.6 is 35.7 Å². The Balaban J connectivity index is 0.00000324. The largest absolute Gasteiger partial charge is 0.376 e. The number of nitrogens with one attached hydrogen (secondary N) is 2.